The third kappa shape index (κ3) is 4.89. The lowest BCUT2D eigenvalue weighted by molar-refractivity contribution is -0.128. The largest absolute Gasteiger partial charge is 0.481 e. The third-order valence-corrected chi connectivity index (χ3v) is 4.65. The molecule has 0 aliphatic heterocycles. The molecule has 1 atom stereocenters. The van der Waals surface area contributed by atoms with E-state index in [1.54, 1.807) is 12.1 Å². The van der Waals surface area contributed by atoms with Gasteiger partial charge in [0.15, 0.2) is 6.10 Å². The number of carbonyl (C=O) groups excluding carboxylic acids is 1. The van der Waals surface area contributed by atoms with Crippen molar-refractivity contribution in [1.29, 1.82) is 0 Å². The number of carbonyl (C=O) groups is 1. The number of amides is 1. The molecule has 0 bridgehead atoms. The van der Waals surface area contributed by atoms with E-state index in [0.717, 1.165) is 16.7 Å². The summed E-state index contributed by atoms with van der Waals surface area (Å²) in [5.41, 5.74) is 2.87. The van der Waals surface area contributed by atoms with Crippen LogP contribution < -0.4 is 10.1 Å². The highest BCUT2D eigenvalue weighted by Gasteiger charge is 2.19. The van der Waals surface area contributed by atoms with Gasteiger partial charge in [-0.15, -0.1) is 0 Å². The first-order valence-corrected chi connectivity index (χ1v) is 9.44. The zero-order valence-corrected chi connectivity index (χ0v) is 16.8. The summed E-state index contributed by atoms with van der Waals surface area (Å²) in [6, 6.07) is 13.1. The first-order chi connectivity index (χ1) is 13.5. The first kappa shape index (κ1) is 19.9. The summed E-state index contributed by atoms with van der Waals surface area (Å²) >= 11 is 6.03. The predicted molar refractivity (Wildman–Crippen MR) is 107 cm³/mol. The van der Waals surface area contributed by atoms with Crippen LogP contribution in [0.5, 0.6) is 5.75 Å². The number of rotatable bonds is 7. The molecule has 3 rings (SSSR count). The van der Waals surface area contributed by atoms with E-state index in [0.29, 0.717) is 28.9 Å². The molecule has 0 fully saturated rings. The average molecular weight is 400 g/mol. The normalized spacial score (nSPS) is 11.9. The van der Waals surface area contributed by atoms with Gasteiger partial charge in [-0.25, -0.2) is 0 Å². The van der Waals surface area contributed by atoms with Gasteiger partial charge in [-0.2, -0.15) is 4.98 Å². The van der Waals surface area contributed by atoms with Gasteiger partial charge in [0, 0.05) is 10.6 Å². The summed E-state index contributed by atoms with van der Waals surface area (Å²) in [7, 11) is 0. The van der Waals surface area contributed by atoms with Crippen LogP contribution in [-0.4, -0.2) is 22.2 Å². The molecular formula is C21H22ClN3O3. The van der Waals surface area contributed by atoms with Crippen LogP contribution in [0.15, 0.2) is 47.0 Å². The quantitative estimate of drug-likeness (QED) is 0.633. The highest BCUT2D eigenvalue weighted by molar-refractivity contribution is 6.31. The van der Waals surface area contributed by atoms with Gasteiger partial charge in [0.2, 0.25) is 11.7 Å². The summed E-state index contributed by atoms with van der Waals surface area (Å²) in [6.07, 6.45) is -0.106. The minimum atomic E-state index is -0.625. The van der Waals surface area contributed by atoms with Crippen molar-refractivity contribution in [3.05, 3.63) is 64.5 Å². The Kier molecular flexibility index (Phi) is 6.31. The number of halogens is 1. The Morgan fingerprint density at radius 1 is 1.25 bits per heavy atom. The SMILES string of the molecule is CC[C@H](Oc1ccc(Cl)c(C)c1)C(=O)NCc1nc(-c2cccc(C)c2)no1. The van der Waals surface area contributed by atoms with Crippen LogP contribution in [0.1, 0.15) is 30.4 Å². The fraction of sp³-hybridized carbons (Fsp3) is 0.286. The maximum Gasteiger partial charge on any atom is 0.261 e. The molecule has 0 saturated heterocycles. The second-order valence-electron chi connectivity index (χ2n) is 6.52. The lowest BCUT2D eigenvalue weighted by atomic mass is 10.1. The Labute approximate surface area is 168 Å². The highest BCUT2D eigenvalue weighted by atomic mass is 35.5. The van der Waals surface area contributed by atoms with E-state index in [1.165, 1.54) is 0 Å². The van der Waals surface area contributed by atoms with Crippen LogP contribution in [-0.2, 0) is 11.3 Å². The van der Waals surface area contributed by atoms with E-state index in [4.69, 9.17) is 20.9 Å². The fourth-order valence-corrected chi connectivity index (χ4v) is 2.80. The van der Waals surface area contributed by atoms with Crippen LogP contribution in [0.2, 0.25) is 5.02 Å². The maximum absolute atomic E-state index is 12.5. The van der Waals surface area contributed by atoms with Gasteiger partial charge in [-0.3, -0.25) is 4.79 Å². The lowest BCUT2D eigenvalue weighted by Crippen LogP contribution is -2.37. The van der Waals surface area contributed by atoms with E-state index in [-0.39, 0.29) is 12.5 Å². The van der Waals surface area contributed by atoms with Crippen molar-refractivity contribution in [2.45, 2.75) is 39.8 Å². The highest BCUT2D eigenvalue weighted by Crippen LogP contribution is 2.22. The molecule has 3 aromatic rings. The molecule has 2 aromatic carbocycles. The number of hydrogen-bond acceptors (Lipinski definition) is 5. The molecule has 1 N–H and O–H groups in total. The Hall–Kier alpha value is -2.86. The van der Waals surface area contributed by atoms with Crippen molar-refractivity contribution in [3.63, 3.8) is 0 Å². The number of nitrogens with one attached hydrogen (secondary N) is 1. The molecular weight excluding hydrogens is 378 g/mol. The third-order valence-electron chi connectivity index (χ3n) is 4.23. The Morgan fingerprint density at radius 2 is 2.07 bits per heavy atom. The number of benzene rings is 2. The van der Waals surface area contributed by atoms with Gasteiger partial charge >= 0.3 is 0 Å². The van der Waals surface area contributed by atoms with Gasteiger partial charge in [0.25, 0.3) is 5.91 Å². The van der Waals surface area contributed by atoms with Crippen LogP contribution >= 0.6 is 11.6 Å². The van der Waals surface area contributed by atoms with E-state index in [1.807, 2.05) is 51.1 Å². The number of nitrogens with zero attached hydrogens (tertiary/aromatic N) is 2. The Morgan fingerprint density at radius 3 is 2.79 bits per heavy atom. The van der Waals surface area contributed by atoms with Gasteiger partial charge in [0.1, 0.15) is 5.75 Å². The van der Waals surface area contributed by atoms with Crippen LogP contribution in [0.3, 0.4) is 0 Å². The molecule has 0 spiro atoms. The number of ether oxygens (including phenoxy) is 1. The molecule has 0 radical (unpaired) electrons. The van der Waals surface area contributed by atoms with Gasteiger partial charge in [0.05, 0.1) is 6.54 Å². The summed E-state index contributed by atoms with van der Waals surface area (Å²) in [6.45, 7) is 5.90. The fourth-order valence-electron chi connectivity index (χ4n) is 2.68. The van der Waals surface area contributed by atoms with Crippen LogP contribution in [0.25, 0.3) is 11.4 Å². The molecule has 7 heteroatoms. The molecule has 0 unspecified atom stereocenters. The van der Waals surface area contributed by atoms with Crippen molar-refractivity contribution in [2.24, 2.45) is 0 Å². The zero-order valence-electron chi connectivity index (χ0n) is 16.0. The van der Waals surface area contributed by atoms with Gasteiger partial charge in [-0.1, -0.05) is 47.4 Å². The molecule has 1 amide bonds. The number of hydrogen-bond donors (Lipinski definition) is 1. The molecule has 0 saturated carbocycles. The van der Waals surface area contributed by atoms with Crippen molar-refractivity contribution in [1.82, 2.24) is 15.5 Å². The molecule has 0 aliphatic carbocycles. The van der Waals surface area contributed by atoms with E-state index >= 15 is 0 Å². The van der Waals surface area contributed by atoms with Crippen LogP contribution in [0.4, 0.5) is 0 Å². The smallest absolute Gasteiger partial charge is 0.261 e. The zero-order chi connectivity index (χ0) is 20.1. The average Bonchev–Trinajstić information content (AvgIpc) is 3.16. The molecule has 1 aromatic heterocycles. The molecule has 146 valence electrons. The molecule has 0 aliphatic rings. The summed E-state index contributed by atoms with van der Waals surface area (Å²) in [5, 5.41) is 7.42. The second kappa shape index (κ2) is 8.89. The topological polar surface area (TPSA) is 77.2 Å². The number of aryl methyl sites for hydroxylation is 2. The van der Waals surface area contributed by atoms with E-state index < -0.39 is 6.10 Å². The first-order valence-electron chi connectivity index (χ1n) is 9.06. The summed E-state index contributed by atoms with van der Waals surface area (Å²) < 4.78 is 11.0. The van der Waals surface area contributed by atoms with E-state index in [2.05, 4.69) is 15.5 Å². The minimum Gasteiger partial charge on any atom is -0.481 e. The van der Waals surface area contributed by atoms with Crippen molar-refractivity contribution in [2.75, 3.05) is 0 Å². The predicted octanol–water partition coefficient (Wildman–Crippen LogP) is 4.48. The molecule has 28 heavy (non-hydrogen) atoms. The standard InChI is InChI=1S/C21H22ClN3O3/c1-4-18(27-16-8-9-17(22)14(3)11-16)21(26)23-12-19-24-20(25-28-19)15-7-5-6-13(2)10-15/h5-11,18H,4,12H2,1-3H3,(H,23,26)/t18-/m0/s1. The lowest BCUT2D eigenvalue weighted by Gasteiger charge is -2.17. The van der Waals surface area contributed by atoms with Gasteiger partial charge in [-0.05, 0) is 50.1 Å². The van der Waals surface area contributed by atoms with Crippen molar-refractivity contribution in [3.8, 4) is 17.1 Å². The Balaban J connectivity index is 1.60. The molecule has 1 heterocycles. The van der Waals surface area contributed by atoms with E-state index in [9.17, 15) is 4.79 Å². The maximum atomic E-state index is 12.5. The summed E-state index contributed by atoms with van der Waals surface area (Å²) in [4.78, 5) is 16.8. The Bertz CT molecular complexity index is 971. The van der Waals surface area contributed by atoms with Crippen LogP contribution in [0, 0.1) is 13.8 Å². The summed E-state index contributed by atoms with van der Waals surface area (Å²) in [5.74, 6) is 1.18. The second-order valence-corrected chi connectivity index (χ2v) is 6.93. The number of aromatic nitrogens is 2. The minimum absolute atomic E-state index is 0.136. The monoisotopic (exact) mass is 399 g/mol. The van der Waals surface area contributed by atoms with Crippen molar-refractivity contribution < 1.29 is 14.1 Å². The van der Waals surface area contributed by atoms with Crippen molar-refractivity contribution >= 4 is 17.5 Å². The molecule has 6 nitrogen and oxygen atoms in total. The van der Waals surface area contributed by atoms with Gasteiger partial charge < -0.3 is 14.6 Å².